The minimum absolute atomic E-state index is 0.0756. The zero-order valence-electron chi connectivity index (χ0n) is 13.3. The summed E-state index contributed by atoms with van der Waals surface area (Å²) in [6.45, 7) is 1.84. The lowest BCUT2D eigenvalue weighted by Gasteiger charge is -2.11. The fraction of sp³-hybridized carbons (Fsp3) is 0.176. The fourth-order valence-corrected chi connectivity index (χ4v) is 3.27. The van der Waals surface area contributed by atoms with Crippen LogP contribution in [0.1, 0.15) is 23.6 Å². The Hall–Kier alpha value is -2.55. The Bertz CT molecular complexity index is 884. The second-order valence-corrected chi connectivity index (χ2v) is 6.83. The molecule has 2 aromatic rings. The molecule has 126 valence electrons. The zero-order chi connectivity index (χ0) is 18.4. The largest absolute Gasteiger partial charge is 0.383 e. The summed E-state index contributed by atoms with van der Waals surface area (Å²) in [6.07, 6.45) is 0.483. The molecule has 3 N–H and O–H groups in total. The summed E-state index contributed by atoms with van der Waals surface area (Å²) in [5.74, 6) is -0.0696. The molecule has 0 unspecified atom stereocenters. The van der Waals surface area contributed by atoms with Gasteiger partial charge in [-0.1, -0.05) is 34.6 Å². The van der Waals surface area contributed by atoms with Gasteiger partial charge < -0.3 is 11.1 Å². The second kappa shape index (κ2) is 8.52. The number of hydrogen-bond acceptors (Lipinski definition) is 6. The predicted molar refractivity (Wildman–Crippen MR) is 101 cm³/mol. The summed E-state index contributed by atoms with van der Waals surface area (Å²) in [4.78, 5) is 16.2. The smallest absolute Gasteiger partial charge is 0.234 e. The maximum absolute atomic E-state index is 12.1. The Kier molecular flexibility index (Phi) is 6.40. The normalized spacial score (nSPS) is 9.92. The Balaban J connectivity index is 2.16. The Morgan fingerprint density at radius 1 is 1.28 bits per heavy atom. The molecule has 6 nitrogen and oxygen atoms in total. The van der Waals surface area contributed by atoms with Gasteiger partial charge in [0.25, 0.3) is 0 Å². The molecule has 0 aliphatic rings. The average Bonchev–Trinajstić information content (AvgIpc) is 2.61. The number of rotatable bonds is 5. The molecule has 1 aromatic carbocycles. The van der Waals surface area contributed by atoms with Gasteiger partial charge >= 0.3 is 0 Å². The molecule has 25 heavy (non-hydrogen) atoms. The van der Waals surface area contributed by atoms with E-state index in [0.717, 1.165) is 16.2 Å². The van der Waals surface area contributed by atoms with Crippen molar-refractivity contribution in [2.24, 2.45) is 0 Å². The molecule has 0 saturated heterocycles. The van der Waals surface area contributed by atoms with Crippen LogP contribution in [-0.2, 0) is 11.2 Å². The van der Waals surface area contributed by atoms with E-state index in [1.807, 2.05) is 25.1 Å². The third-order valence-corrected chi connectivity index (χ3v) is 4.84. The molecule has 1 heterocycles. The number of halogens is 1. The first-order chi connectivity index (χ1) is 12.0. The number of aromatic nitrogens is 1. The number of nitrogens with one attached hydrogen (secondary N) is 1. The third kappa shape index (κ3) is 4.50. The highest BCUT2D eigenvalue weighted by atomic mass is 79.9. The van der Waals surface area contributed by atoms with E-state index in [1.165, 1.54) is 0 Å². The number of nitrogens with zero attached hydrogens (tertiary/aromatic N) is 3. The summed E-state index contributed by atoms with van der Waals surface area (Å²) in [7, 11) is 0. The van der Waals surface area contributed by atoms with E-state index in [1.54, 1.807) is 12.1 Å². The maximum Gasteiger partial charge on any atom is 0.234 e. The van der Waals surface area contributed by atoms with E-state index < -0.39 is 0 Å². The molecule has 0 radical (unpaired) electrons. The number of hydrogen-bond donors (Lipinski definition) is 2. The van der Waals surface area contributed by atoms with E-state index in [2.05, 4.69) is 32.3 Å². The predicted octanol–water partition coefficient (Wildman–Crippen LogP) is 3.46. The number of nitrogen functional groups attached to an aromatic ring is 1. The molecule has 0 aliphatic carbocycles. The highest BCUT2D eigenvalue weighted by Gasteiger charge is 2.18. The van der Waals surface area contributed by atoms with E-state index >= 15 is 0 Å². The Morgan fingerprint density at radius 2 is 1.92 bits per heavy atom. The van der Waals surface area contributed by atoms with Gasteiger partial charge in [0.05, 0.1) is 16.9 Å². The number of nitrogens with two attached hydrogens (primary N) is 1. The van der Waals surface area contributed by atoms with Crippen LogP contribution in [0, 0.1) is 22.7 Å². The van der Waals surface area contributed by atoms with Gasteiger partial charge in [-0.2, -0.15) is 10.5 Å². The minimum atomic E-state index is -0.223. The number of pyridine rings is 1. The van der Waals surface area contributed by atoms with Gasteiger partial charge in [0.15, 0.2) is 0 Å². The highest BCUT2D eigenvalue weighted by Crippen LogP contribution is 2.29. The van der Waals surface area contributed by atoms with E-state index in [-0.39, 0.29) is 23.0 Å². The lowest BCUT2D eigenvalue weighted by Crippen LogP contribution is -2.14. The molecular weight excluding hydrogens is 402 g/mol. The second-order valence-electron chi connectivity index (χ2n) is 4.95. The van der Waals surface area contributed by atoms with Crippen molar-refractivity contribution in [3.8, 4) is 12.1 Å². The van der Waals surface area contributed by atoms with Crippen molar-refractivity contribution < 1.29 is 4.79 Å². The van der Waals surface area contributed by atoms with Gasteiger partial charge in [0.2, 0.25) is 5.91 Å². The van der Waals surface area contributed by atoms with E-state index in [9.17, 15) is 15.3 Å². The Morgan fingerprint density at radius 3 is 2.48 bits per heavy atom. The number of thioether (sulfide) groups is 1. The van der Waals surface area contributed by atoms with Crippen LogP contribution in [0.15, 0.2) is 33.8 Å². The van der Waals surface area contributed by atoms with Crippen molar-refractivity contribution in [1.82, 2.24) is 4.98 Å². The minimum Gasteiger partial charge on any atom is -0.383 e. The van der Waals surface area contributed by atoms with Crippen molar-refractivity contribution in [2.75, 3.05) is 16.8 Å². The molecular formula is C17H14BrN5OS. The standard InChI is InChI=1S/C17H14BrN5OS/c1-2-12-13(7-19)16(21)23-17(14(12)8-20)25-9-15(24)22-11-5-3-10(18)4-6-11/h3-6H,2,9H2,1H3,(H2,21,23)(H,22,24). The summed E-state index contributed by atoms with van der Waals surface area (Å²) in [6, 6.07) is 11.3. The number of anilines is 2. The van der Waals surface area contributed by atoms with Crippen molar-refractivity contribution >= 4 is 45.1 Å². The van der Waals surface area contributed by atoms with Gasteiger partial charge in [-0.25, -0.2) is 4.98 Å². The van der Waals surface area contributed by atoms with Crippen LogP contribution in [0.5, 0.6) is 0 Å². The van der Waals surface area contributed by atoms with Crippen LogP contribution in [-0.4, -0.2) is 16.6 Å². The molecule has 0 aliphatic heterocycles. The lowest BCUT2D eigenvalue weighted by molar-refractivity contribution is -0.113. The van der Waals surface area contributed by atoms with Crippen LogP contribution >= 0.6 is 27.7 Å². The molecule has 0 atom stereocenters. The number of nitriles is 2. The number of carbonyl (C=O) groups excluding carboxylic acids is 1. The highest BCUT2D eigenvalue weighted by molar-refractivity contribution is 9.10. The van der Waals surface area contributed by atoms with Gasteiger partial charge in [-0.3, -0.25) is 4.79 Å². The monoisotopic (exact) mass is 415 g/mol. The number of carbonyl (C=O) groups is 1. The van der Waals surface area contributed by atoms with Crippen LogP contribution in [0.2, 0.25) is 0 Å². The molecule has 8 heteroatoms. The molecule has 0 bridgehead atoms. The van der Waals surface area contributed by atoms with Gasteiger partial charge in [-0.15, -0.1) is 0 Å². The summed E-state index contributed by atoms with van der Waals surface area (Å²) in [5, 5.41) is 21.7. The zero-order valence-corrected chi connectivity index (χ0v) is 15.7. The number of amides is 1. The average molecular weight is 416 g/mol. The number of benzene rings is 1. The van der Waals surface area contributed by atoms with Crippen molar-refractivity contribution in [3.63, 3.8) is 0 Å². The molecule has 1 aromatic heterocycles. The first kappa shape index (κ1) is 18.8. The van der Waals surface area contributed by atoms with Crippen LogP contribution < -0.4 is 11.1 Å². The fourth-order valence-electron chi connectivity index (χ4n) is 2.19. The van der Waals surface area contributed by atoms with Crippen molar-refractivity contribution in [2.45, 2.75) is 18.4 Å². The maximum atomic E-state index is 12.1. The van der Waals surface area contributed by atoms with E-state index in [4.69, 9.17) is 5.73 Å². The molecule has 0 fully saturated rings. The van der Waals surface area contributed by atoms with Crippen LogP contribution in [0.4, 0.5) is 11.5 Å². The molecule has 2 rings (SSSR count). The third-order valence-electron chi connectivity index (χ3n) is 3.34. The van der Waals surface area contributed by atoms with Crippen molar-refractivity contribution in [3.05, 3.63) is 45.4 Å². The molecule has 1 amide bonds. The Labute approximate surface area is 158 Å². The van der Waals surface area contributed by atoms with Crippen LogP contribution in [0.3, 0.4) is 0 Å². The SMILES string of the molecule is CCc1c(C#N)c(N)nc(SCC(=O)Nc2ccc(Br)cc2)c1C#N. The molecule has 0 saturated carbocycles. The van der Waals surface area contributed by atoms with Gasteiger partial charge in [-0.05, 0) is 36.2 Å². The lowest BCUT2D eigenvalue weighted by atomic mass is 10.0. The first-order valence-corrected chi connectivity index (χ1v) is 9.08. The summed E-state index contributed by atoms with van der Waals surface area (Å²) >= 11 is 4.45. The van der Waals surface area contributed by atoms with Crippen molar-refractivity contribution in [1.29, 1.82) is 10.5 Å². The quantitative estimate of drug-likeness (QED) is 0.722. The molecule has 0 spiro atoms. The van der Waals surface area contributed by atoms with Gasteiger partial charge in [0, 0.05) is 10.2 Å². The summed E-state index contributed by atoms with van der Waals surface area (Å²) in [5.41, 5.74) is 7.58. The topological polar surface area (TPSA) is 116 Å². The summed E-state index contributed by atoms with van der Waals surface area (Å²) < 4.78 is 0.919. The first-order valence-electron chi connectivity index (χ1n) is 7.30. The van der Waals surface area contributed by atoms with Crippen LogP contribution in [0.25, 0.3) is 0 Å². The van der Waals surface area contributed by atoms with E-state index in [0.29, 0.717) is 28.3 Å². The van der Waals surface area contributed by atoms with Gasteiger partial charge in [0.1, 0.15) is 23.0 Å².